The highest BCUT2D eigenvalue weighted by Gasteiger charge is 2.41. The van der Waals surface area contributed by atoms with Crippen molar-refractivity contribution in [2.75, 3.05) is 5.75 Å². The van der Waals surface area contributed by atoms with Gasteiger partial charge < -0.3 is 15.0 Å². The predicted molar refractivity (Wildman–Crippen MR) is 75.8 cm³/mol. The molecule has 1 saturated heterocycles. The van der Waals surface area contributed by atoms with Gasteiger partial charge in [0.2, 0.25) is 0 Å². The van der Waals surface area contributed by atoms with Crippen LogP contribution >= 0.6 is 11.8 Å². The Balaban J connectivity index is 2.34. The summed E-state index contributed by atoms with van der Waals surface area (Å²) < 4.78 is 0. The van der Waals surface area contributed by atoms with Crippen LogP contribution in [0.1, 0.15) is 30.1 Å². The summed E-state index contributed by atoms with van der Waals surface area (Å²) in [5.41, 5.74) is -0.504. The number of nitrogens with zero attached hydrogens (tertiary/aromatic N) is 1. The fourth-order valence-electron chi connectivity index (χ4n) is 2.22. The van der Waals surface area contributed by atoms with Gasteiger partial charge in [-0.3, -0.25) is 9.59 Å². The van der Waals surface area contributed by atoms with E-state index in [0.717, 1.165) is 6.42 Å². The molecule has 1 amide bonds. The van der Waals surface area contributed by atoms with E-state index in [0.29, 0.717) is 12.2 Å². The van der Waals surface area contributed by atoms with Gasteiger partial charge in [-0.25, -0.2) is 4.79 Å². The minimum absolute atomic E-state index is 0.0117. The minimum Gasteiger partial charge on any atom is -0.480 e. The first-order valence-corrected chi connectivity index (χ1v) is 7.46. The number of hydrogen-bond donors (Lipinski definition) is 2. The van der Waals surface area contributed by atoms with Crippen molar-refractivity contribution in [3.8, 4) is 0 Å². The second-order valence-electron chi connectivity index (χ2n) is 4.56. The summed E-state index contributed by atoms with van der Waals surface area (Å²) in [4.78, 5) is 39.3. The lowest BCUT2D eigenvalue weighted by Crippen LogP contribution is -2.47. The van der Waals surface area contributed by atoms with Crippen LogP contribution in [0.15, 0.2) is 23.1 Å². The monoisotopic (exact) mass is 296 g/mol. The molecule has 0 radical (unpaired) electrons. The molecule has 0 aliphatic carbocycles. The third-order valence-electron chi connectivity index (χ3n) is 3.20. The standard InChI is InChI=1S/C13H16N2O4S/c1-2-4-10-15(9(7-20-10)13(18)19)12(17)8-5-3-6-14-11(8)16/h3,5-6,9-10H,2,4,7H2,1H3,(H,14,16)(H,18,19). The lowest BCUT2D eigenvalue weighted by atomic mass is 10.1. The summed E-state index contributed by atoms with van der Waals surface area (Å²) in [5.74, 6) is -1.18. The van der Waals surface area contributed by atoms with Crippen LogP contribution in [0.4, 0.5) is 0 Å². The topological polar surface area (TPSA) is 90.5 Å². The van der Waals surface area contributed by atoms with Crippen molar-refractivity contribution in [3.05, 3.63) is 34.2 Å². The number of pyridine rings is 1. The van der Waals surface area contributed by atoms with Gasteiger partial charge in [0, 0.05) is 11.9 Å². The molecule has 0 aromatic carbocycles. The average molecular weight is 296 g/mol. The van der Waals surface area contributed by atoms with E-state index in [-0.39, 0.29) is 10.9 Å². The zero-order valence-corrected chi connectivity index (χ0v) is 11.9. The van der Waals surface area contributed by atoms with Gasteiger partial charge in [0.05, 0.1) is 5.37 Å². The summed E-state index contributed by atoms with van der Waals surface area (Å²) in [6.45, 7) is 1.98. The molecule has 2 atom stereocenters. The summed E-state index contributed by atoms with van der Waals surface area (Å²) >= 11 is 1.45. The maximum absolute atomic E-state index is 12.5. The Kier molecular flexibility index (Phi) is 4.49. The number of carboxylic acid groups (broad SMARTS) is 1. The zero-order valence-electron chi connectivity index (χ0n) is 11.0. The summed E-state index contributed by atoms with van der Waals surface area (Å²) in [5, 5.41) is 9.05. The molecule has 0 spiro atoms. The van der Waals surface area contributed by atoms with E-state index in [4.69, 9.17) is 0 Å². The molecule has 1 aliphatic heterocycles. The molecular weight excluding hydrogens is 280 g/mol. The van der Waals surface area contributed by atoms with Crippen LogP contribution in [0.25, 0.3) is 0 Å². The van der Waals surface area contributed by atoms with Crippen molar-refractivity contribution >= 4 is 23.6 Å². The Morgan fingerprint density at radius 1 is 1.55 bits per heavy atom. The Bertz CT molecular complexity index is 571. The number of amides is 1. The number of nitrogens with one attached hydrogen (secondary N) is 1. The molecule has 2 unspecified atom stereocenters. The van der Waals surface area contributed by atoms with E-state index in [9.17, 15) is 19.5 Å². The van der Waals surface area contributed by atoms with Gasteiger partial charge in [-0.2, -0.15) is 0 Å². The van der Waals surface area contributed by atoms with E-state index in [1.165, 1.54) is 28.9 Å². The fourth-order valence-corrected chi connectivity index (χ4v) is 3.74. The van der Waals surface area contributed by atoms with Gasteiger partial charge in [-0.1, -0.05) is 13.3 Å². The molecule has 1 fully saturated rings. The molecule has 1 aromatic rings. The van der Waals surface area contributed by atoms with Gasteiger partial charge in [-0.15, -0.1) is 11.8 Å². The predicted octanol–water partition coefficient (Wildman–Crippen LogP) is 1.14. The molecule has 20 heavy (non-hydrogen) atoms. The van der Waals surface area contributed by atoms with Gasteiger partial charge in [-0.05, 0) is 18.6 Å². The lowest BCUT2D eigenvalue weighted by molar-refractivity contribution is -0.141. The molecule has 6 nitrogen and oxygen atoms in total. The largest absolute Gasteiger partial charge is 0.480 e. The number of aromatic nitrogens is 1. The van der Waals surface area contributed by atoms with Gasteiger partial charge in [0.15, 0.2) is 0 Å². The first-order valence-electron chi connectivity index (χ1n) is 6.41. The Morgan fingerprint density at radius 3 is 2.90 bits per heavy atom. The summed E-state index contributed by atoms with van der Waals surface area (Å²) in [6.07, 6.45) is 3.00. The van der Waals surface area contributed by atoms with Crippen molar-refractivity contribution in [1.29, 1.82) is 0 Å². The lowest BCUT2D eigenvalue weighted by Gasteiger charge is -2.26. The number of hydrogen-bond acceptors (Lipinski definition) is 4. The maximum Gasteiger partial charge on any atom is 0.327 e. The van der Waals surface area contributed by atoms with E-state index < -0.39 is 23.5 Å². The fraction of sp³-hybridized carbons (Fsp3) is 0.462. The Hall–Kier alpha value is -1.76. The number of rotatable bonds is 4. The van der Waals surface area contributed by atoms with Crippen molar-refractivity contribution in [2.24, 2.45) is 0 Å². The van der Waals surface area contributed by atoms with Crippen molar-refractivity contribution in [1.82, 2.24) is 9.88 Å². The molecular formula is C13H16N2O4S. The second kappa shape index (κ2) is 6.13. The highest BCUT2D eigenvalue weighted by atomic mass is 32.2. The number of thioether (sulfide) groups is 1. The molecule has 1 aliphatic rings. The number of carboxylic acids is 1. The van der Waals surface area contributed by atoms with Gasteiger partial charge in [0.1, 0.15) is 11.6 Å². The van der Waals surface area contributed by atoms with Crippen molar-refractivity contribution in [2.45, 2.75) is 31.2 Å². The van der Waals surface area contributed by atoms with Crippen molar-refractivity contribution < 1.29 is 14.7 Å². The SMILES string of the molecule is CCCC1SCC(C(=O)O)N1C(=O)c1ccc[nH]c1=O. The van der Waals surface area contributed by atoms with Crippen LogP contribution in [-0.2, 0) is 4.79 Å². The third-order valence-corrected chi connectivity index (χ3v) is 4.55. The minimum atomic E-state index is -1.03. The second-order valence-corrected chi connectivity index (χ2v) is 5.77. The van der Waals surface area contributed by atoms with E-state index in [1.807, 2.05) is 6.92 Å². The summed E-state index contributed by atoms with van der Waals surface area (Å²) in [7, 11) is 0. The maximum atomic E-state index is 12.5. The molecule has 108 valence electrons. The molecule has 1 aromatic heterocycles. The van der Waals surface area contributed by atoms with Crippen LogP contribution in [0.2, 0.25) is 0 Å². The normalized spacial score (nSPS) is 21.9. The third kappa shape index (κ3) is 2.72. The number of carbonyl (C=O) groups is 2. The van der Waals surface area contributed by atoms with E-state index in [1.54, 1.807) is 6.07 Å². The quantitative estimate of drug-likeness (QED) is 0.869. The molecule has 2 N–H and O–H groups in total. The molecule has 2 heterocycles. The zero-order chi connectivity index (χ0) is 14.7. The van der Waals surface area contributed by atoms with Crippen LogP contribution in [0.3, 0.4) is 0 Å². The summed E-state index contributed by atoms with van der Waals surface area (Å²) in [6, 6.07) is 2.11. The van der Waals surface area contributed by atoms with E-state index >= 15 is 0 Å². The molecule has 7 heteroatoms. The smallest absolute Gasteiger partial charge is 0.327 e. The molecule has 0 saturated carbocycles. The average Bonchev–Trinajstić information content (AvgIpc) is 2.83. The Morgan fingerprint density at radius 2 is 2.30 bits per heavy atom. The number of aliphatic carboxylic acids is 1. The van der Waals surface area contributed by atoms with Crippen LogP contribution < -0.4 is 5.56 Å². The van der Waals surface area contributed by atoms with Crippen LogP contribution in [0.5, 0.6) is 0 Å². The van der Waals surface area contributed by atoms with Gasteiger partial charge >= 0.3 is 5.97 Å². The Labute approximate surface area is 120 Å². The first-order chi connectivity index (χ1) is 9.56. The van der Waals surface area contributed by atoms with Crippen molar-refractivity contribution in [3.63, 3.8) is 0 Å². The molecule has 0 bridgehead atoms. The van der Waals surface area contributed by atoms with Crippen LogP contribution in [0, 0.1) is 0 Å². The van der Waals surface area contributed by atoms with Crippen LogP contribution in [-0.4, -0.2) is 44.0 Å². The van der Waals surface area contributed by atoms with Gasteiger partial charge in [0.25, 0.3) is 11.5 Å². The number of H-pyrrole nitrogens is 1. The number of carbonyl (C=O) groups excluding carboxylic acids is 1. The number of aromatic amines is 1. The highest BCUT2D eigenvalue weighted by molar-refractivity contribution is 8.00. The van der Waals surface area contributed by atoms with E-state index in [2.05, 4.69) is 4.98 Å². The first kappa shape index (κ1) is 14.6. The molecule has 2 rings (SSSR count). The highest BCUT2D eigenvalue weighted by Crippen LogP contribution is 2.33.